The molecule has 1 atom stereocenters. The van der Waals surface area contributed by atoms with Gasteiger partial charge >= 0.3 is 0 Å². The predicted octanol–water partition coefficient (Wildman–Crippen LogP) is 2.73. The van der Waals surface area contributed by atoms with Crippen molar-refractivity contribution in [3.63, 3.8) is 0 Å². The van der Waals surface area contributed by atoms with Gasteiger partial charge in [-0.15, -0.1) is 10.2 Å². The van der Waals surface area contributed by atoms with Crippen LogP contribution in [0.3, 0.4) is 0 Å². The van der Waals surface area contributed by atoms with Gasteiger partial charge in [0.25, 0.3) is 0 Å². The lowest BCUT2D eigenvalue weighted by Crippen LogP contribution is -2.16. The number of nitrogens with two attached hydrogens (primary N) is 1. The average Bonchev–Trinajstić information content (AvgIpc) is 2.99. The predicted molar refractivity (Wildman–Crippen MR) is 97.4 cm³/mol. The van der Waals surface area contributed by atoms with Crippen LogP contribution >= 0.6 is 11.6 Å². The van der Waals surface area contributed by atoms with Crippen LogP contribution in [0.5, 0.6) is 0 Å². The van der Waals surface area contributed by atoms with Crippen molar-refractivity contribution in [1.82, 2.24) is 19.7 Å². The largest absolute Gasteiger partial charge is 0.330 e. The second kappa shape index (κ2) is 6.38. The molecule has 6 nitrogen and oxygen atoms in total. The first-order valence-corrected chi connectivity index (χ1v) is 8.47. The zero-order valence-electron chi connectivity index (χ0n) is 13.7. The number of hydrogen-bond acceptors (Lipinski definition) is 5. The van der Waals surface area contributed by atoms with E-state index < -0.39 is 0 Å². The molecule has 0 fully saturated rings. The van der Waals surface area contributed by atoms with Crippen LogP contribution < -0.4 is 5.73 Å². The molecule has 3 aromatic rings. The Morgan fingerprint density at radius 2 is 2.12 bits per heavy atom. The van der Waals surface area contributed by atoms with E-state index in [2.05, 4.69) is 15.2 Å². The van der Waals surface area contributed by atoms with Gasteiger partial charge in [0.1, 0.15) is 12.4 Å². The molecule has 0 spiro atoms. The van der Waals surface area contributed by atoms with E-state index in [-0.39, 0.29) is 5.92 Å². The van der Waals surface area contributed by atoms with Crippen molar-refractivity contribution in [3.05, 3.63) is 70.5 Å². The number of benzene rings is 1. The molecule has 0 amide bonds. The minimum atomic E-state index is 0.0844. The number of nitrogens with zero attached hydrogens (tertiary/aromatic N) is 5. The first-order chi connectivity index (χ1) is 12.2. The molecular weight excluding hydrogens is 336 g/mol. The van der Waals surface area contributed by atoms with E-state index in [4.69, 9.17) is 22.3 Å². The van der Waals surface area contributed by atoms with Crippen molar-refractivity contribution < 1.29 is 0 Å². The maximum atomic E-state index is 6.28. The summed E-state index contributed by atoms with van der Waals surface area (Å²) >= 11 is 6.28. The topological polar surface area (TPSA) is 82.0 Å². The molecule has 0 saturated heterocycles. The Balaban J connectivity index is 1.97. The Hall–Kier alpha value is -2.57. The van der Waals surface area contributed by atoms with Crippen LogP contribution in [0.25, 0.3) is 5.69 Å². The van der Waals surface area contributed by atoms with Crippen molar-refractivity contribution in [2.45, 2.75) is 19.4 Å². The van der Waals surface area contributed by atoms with Crippen molar-refractivity contribution in [3.8, 4) is 5.69 Å². The van der Waals surface area contributed by atoms with E-state index in [1.807, 2.05) is 47.9 Å². The van der Waals surface area contributed by atoms with Crippen LogP contribution in [-0.2, 0) is 6.54 Å². The number of rotatable bonds is 3. The van der Waals surface area contributed by atoms with Crippen LogP contribution in [0, 0.1) is 0 Å². The van der Waals surface area contributed by atoms with Crippen molar-refractivity contribution >= 4 is 17.3 Å². The summed E-state index contributed by atoms with van der Waals surface area (Å²) in [7, 11) is 0. The molecule has 0 radical (unpaired) electrons. The summed E-state index contributed by atoms with van der Waals surface area (Å²) in [6.07, 6.45) is 1.76. The smallest absolute Gasteiger partial charge is 0.159 e. The van der Waals surface area contributed by atoms with E-state index in [1.54, 1.807) is 6.20 Å². The third-order valence-electron chi connectivity index (χ3n) is 4.29. The van der Waals surface area contributed by atoms with Gasteiger partial charge in [-0.25, -0.2) is 0 Å². The van der Waals surface area contributed by atoms with Crippen LogP contribution in [0.1, 0.15) is 35.7 Å². The number of halogens is 1. The fourth-order valence-corrected chi connectivity index (χ4v) is 3.14. The van der Waals surface area contributed by atoms with E-state index in [0.29, 0.717) is 18.1 Å². The van der Waals surface area contributed by atoms with Crippen molar-refractivity contribution in [2.75, 3.05) is 6.54 Å². The third-order valence-corrected chi connectivity index (χ3v) is 4.53. The summed E-state index contributed by atoms with van der Waals surface area (Å²) in [4.78, 5) is 9.21. The van der Waals surface area contributed by atoms with Gasteiger partial charge in [-0.05, 0) is 30.3 Å². The summed E-state index contributed by atoms with van der Waals surface area (Å²) in [6.45, 7) is 2.95. The van der Waals surface area contributed by atoms with Gasteiger partial charge in [-0.2, -0.15) is 0 Å². The van der Waals surface area contributed by atoms with Gasteiger partial charge in [0.2, 0.25) is 0 Å². The fraction of sp³-hybridized carbons (Fsp3) is 0.222. The number of pyridine rings is 1. The Morgan fingerprint density at radius 1 is 1.24 bits per heavy atom. The van der Waals surface area contributed by atoms with Gasteiger partial charge in [-0.1, -0.05) is 24.6 Å². The minimum absolute atomic E-state index is 0.0844. The molecule has 2 aromatic heterocycles. The number of aliphatic imine (C=N–C) groups is 1. The summed E-state index contributed by atoms with van der Waals surface area (Å²) in [6, 6.07) is 11.5. The molecule has 2 N–H and O–H groups in total. The number of fused-ring (bicyclic) bond motifs is 3. The van der Waals surface area contributed by atoms with Crippen LogP contribution in [-0.4, -0.2) is 32.0 Å². The van der Waals surface area contributed by atoms with Gasteiger partial charge < -0.3 is 5.73 Å². The number of aromatic nitrogens is 4. The highest BCUT2D eigenvalue weighted by molar-refractivity contribution is 6.31. The molecule has 1 aromatic carbocycles. The summed E-state index contributed by atoms with van der Waals surface area (Å²) in [5.41, 5.74) is 9.32. The van der Waals surface area contributed by atoms with E-state index in [0.717, 1.165) is 34.3 Å². The van der Waals surface area contributed by atoms with Gasteiger partial charge in [0, 0.05) is 29.2 Å². The van der Waals surface area contributed by atoms with E-state index in [1.165, 1.54) is 0 Å². The van der Waals surface area contributed by atoms with Crippen LogP contribution in [0.15, 0.2) is 47.6 Å². The molecule has 0 saturated carbocycles. The standard InChI is InChI=1S/C18H17ClN6/c1-11(9-20)18-24-23-16-10-22-17(14-4-2-3-7-21-14)13-8-12(19)5-6-15(13)25(16)18/h2-8,11H,9-10,20H2,1H3. The summed E-state index contributed by atoms with van der Waals surface area (Å²) in [5.74, 6) is 1.70. The molecule has 25 heavy (non-hydrogen) atoms. The lowest BCUT2D eigenvalue weighted by atomic mass is 10.0. The summed E-state index contributed by atoms with van der Waals surface area (Å²) < 4.78 is 2.04. The normalized spacial score (nSPS) is 14.3. The summed E-state index contributed by atoms with van der Waals surface area (Å²) in [5, 5.41) is 9.32. The average molecular weight is 353 g/mol. The second-order valence-electron chi connectivity index (χ2n) is 5.99. The van der Waals surface area contributed by atoms with Gasteiger partial charge in [-0.3, -0.25) is 14.5 Å². The van der Waals surface area contributed by atoms with Gasteiger partial charge in [0.15, 0.2) is 5.82 Å². The highest BCUT2D eigenvalue weighted by Gasteiger charge is 2.25. The Kier molecular flexibility index (Phi) is 4.07. The maximum Gasteiger partial charge on any atom is 0.159 e. The lowest BCUT2D eigenvalue weighted by Gasteiger charge is -2.15. The van der Waals surface area contributed by atoms with Crippen LogP contribution in [0.2, 0.25) is 5.02 Å². The zero-order chi connectivity index (χ0) is 17.4. The second-order valence-corrected chi connectivity index (χ2v) is 6.42. The molecule has 0 aliphatic carbocycles. The molecule has 3 heterocycles. The molecule has 0 bridgehead atoms. The molecule has 1 unspecified atom stereocenters. The van der Waals surface area contributed by atoms with Crippen LogP contribution in [0.4, 0.5) is 0 Å². The fourth-order valence-electron chi connectivity index (χ4n) is 2.97. The first kappa shape index (κ1) is 15.9. The molecule has 1 aliphatic heterocycles. The Labute approximate surface area is 150 Å². The van der Waals surface area contributed by atoms with Gasteiger partial charge in [0.05, 0.1) is 17.1 Å². The maximum absolute atomic E-state index is 6.28. The van der Waals surface area contributed by atoms with Crippen molar-refractivity contribution in [1.29, 1.82) is 0 Å². The Bertz CT molecular complexity index is 947. The molecular formula is C18H17ClN6. The molecule has 4 rings (SSSR count). The molecule has 126 valence electrons. The highest BCUT2D eigenvalue weighted by Crippen LogP contribution is 2.29. The minimum Gasteiger partial charge on any atom is -0.330 e. The van der Waals surface area contributed by atoms with Crippen molar-refractivity contribution in [2.24, 2.45) is 10.7 Å². The van der Waals surface area contributed by atoms with E-state index >= 15 is 0 Å². The zero-order valence-corrected chi connectivity index (χ0v) is 14.5. The van der Waals surface area contributed by atoms with E-state index in [9.17, 15) is 0 Å². The lowest BCUT2D eigenvalue weighted by molar-refractivity contribution is 0.687. The monoisotopic (exact) mass is 352 g/mol. The first-order valence-electron chi connectivity index (χ1n) is 8.09. The number of hydrogen-bond donors (Lipinski definition) is 1. The quantitative estimate of drug-likeness (QED) is 0.785. The Morgan fingerprint density at radius 3 is 2.88 bits per heavy atom. The highest BCUT2D eigenvalue weighted by atomic mass is 35.5. The molecule has 1 aliphatic rings. The SMILES string of the molecule is CC(CN)c1nnc2n1-c1ccc(Cl)cc1C(c1ccccn1)=NC2. The third kappa shape index (κ3) is 2.73. The molecule has 7 heteroatoms.